The first-order valence-electron chi connectivity index (χ1n) is 5.15. The number of hydrogen-bond acceptors (Lipinski definition) is 4. The Morgan fingerprint density at radius 3 is 2.78 bits per heavy atom. The van der Waals surface area contributed by atoms with Crippen molar-refractivity contribution in [2.24, 2.45) is 0 Å². The molecule has 0 saturated carbocycles. The van der Waals surface area contributed by atoms with E-state index in [1.165, 1.54) is 23.1 Å². The maximum absolute atomic E-state index is 12.1. The fourth-order valence-corrected chi connectivity index (χ4v) is 1.74. The Morgan fingerprint density at radius 1 is 1.56 bits per heavy atom. The zero-order valence-corrected chi connectivity index (χ0v) is 11.6. The molecule has 0 fully saturated rings. The lowest BCUT2D eigenvalue weighted by molar-refractivity contribution is -0.384. The van der Waals surface area contributed by atoms with E-state index in [9.17, 15) is 14.9 Å². The highest BCUT2D eigenvalue weighted by atomic mass is 79.9. The van der Waals surface area contributed by atoms with E-state index in [0.717, 1.165) is 0 Å². The minimum Gasteiger partial charge on any atom is -0.383 e. The molecule has 0 N–H and O–H groups in total. The summed E-state index contributed by atoms with van der Waals surface area (Å²) < 4.78 is 5.41. The molecule has 0 aliphatic rings. The van der Waals surface area contributed by atoms with Gasteiger partial charge in [-0.2, -0.15) is 0 Å². The highest BCUT2D eigenvalue weighted by Gasteiger charge is 2.18. The molecule has 98 valence electrons. The number of methoxy groups -OCH3 is 1. The van der Waals surface area contributed by atoms with Crippen molar-refractivity contribution in [3.05, 3.63) is 38.3 Å². The average molecular weight is 317 g/mol. The Labute approximate surface area is 113 Å². The quantitative estimate of drug-likeness (QED) is 0.616. The zero-order valence-electron chi connectivity index (χ0n) is 10.1. The molecule has 0 unspecified atom stereocenters. The van der Waals surface area contributed by atoms with Crippen molar-refractivity contribution in [2.75, 3.05) is 27.3 Å². The van der Waals surface area contributed by atoms with Gasteiger partial charge in [0.2, 0.25) is 0 Å². The van der Waals surface area contributed by atoms with Crippen molar-refractivity contribution in [2.45, 2.75) is 0 Å². The minimum absolute atomic E-state index is 0.110. The van der Waals surface area contributed by atoms with E-state index in [4.69, 9.17) is 4.74 Å². The van der Waals surface area contributed by atoms with Crippen LogP contribution in [0.5, 0.6) is 0 Å². The van der Waals surface area contributed by atoms with Crippen molar-refractivity contribution in [1.29, 1.82) is 0 Å². The third kappa shape index (κ3) is 3.51. The van der Waals surface area contributed by atoms with Gasteiger partial charge in [-0.05, 0) is 22.0 Å². The van der Waals surface area contributed by atoms with Crippen LogP contribution in [0.15, 0.2) is 22.7 Å². The summed E-state index contributed by atoms with van der Waals surface area (Å²) in [6, 6.07) is 4.10. The summed E-state index contributed by atoms with van der Waals surface area (Å²) in [4.78, 5) is 23.7. The SMILES string of the molecule is COCCN(C)C(=O)c1cc([N+](=O)[O-])ccc1Br. The zero-order chi connectivity index (χ0) is 13.7. The van der Waals surface area contributed by atoms with Crippen molar-refractivity contribution in [3.63, 3.8) is 0 Å². The molecule has 18 heavy (non-hydrogen) atoms. The van der Waals surface area contributed by atoms with Gasteiger partial charge in [-0.25, -0.2) is 0 Å². The average Bonchev–Trinajstić information content (AvgIpc) is 2.35. The maximum atomic E-state index is 12.1. The van der Waals surface area contributed by atoms with Gasteiger partial charge < -0.3 is 9.64 Å². The van der Waals surface area contributed by atoms with Gasteiger partial charge in [-0.15, -0.1) is 0 Å². The number of likely N-dealkylation sites (N-methyl/N-ethyl adjacent to an activating group) is 1. The summed E-state index contributed by atoms with van der Waals surface area (Å²) in [5.74, 6) is -0.289. The molecule has 0 aromatic heterocycles. The summed E-state index contributed by atoms with van der Waals surface area (Å²) in [5, 5.41) is 10.7. The molecular formula is C11H13BrN2O4. The molecule has 0 saturated heterocycles. The third-order valence-electron chi connectivity index (χ3n) is 2.37. The molecule has 0 spiro atoms. The Bertz CT molecular complexity index is 464. The van der Waals surface area contributed by atoms with Crippen molar-refractivity contribution < 1.29 is 14.5 Å². The molecule has 0 aliphatic carbocycles. The van der Waals surface area contributed by atoms with Crippen LogP contribution in [-0.4, -0.2) is 43.0 Å². The number of nitro benzene ring substituents is 1. The van der Waals surface area contributed by atoms with Crippen LogP contribution in [0.1, 0.15) is 10.4 Å². The molecule has 0 heterocycles. The second-order valence-electron chi connectivity index (χ2n) is 3.64. The first-order valence-corrected chi connectivity index (χ1v) is 5.95. The van der Waals surface area contributed by atoms with Gasteiger partial charge in [0.05, 0.1) is 17.1 Å². The lowest BCUT2D eigenvalue weighted by Gasteiger charge is -2.17. The molecule has 6 nitrogen and oxygen atoms in total. The highest BCUT2D eigenvalue weighted by molar-refractivity contribution is 9.10. The molecule has 1 aromatic carbocycles. The highest BCUT2D eigenvalue weighted by Crippen LogP contribution is 2.23. The van der Waals surface area contributed by atoms with Crippen LogP contribution in [0.4, 0.5) is 5.69 Å². The second kappa shape index (κ2) is 6.46. The maximum Gasteiger partial charge on any atom is 0.270 e. The monoisotopic (exact) mass is 316 g/mol. The number of nitrogens with zero attached hydrogens (tertiary/aromatic N) is 2. The predicted molar refractivity (Wildman–Crippen MR) is 69.6 cm³/mol. The molecule has 0 bridgehead atoms. The van der Waals surface area contributed by atoms with Crippen LogP contribution >= 0.6 is 15.9 Å². The number of nitro groups is 1. The van der Waals surface area contributed by atoms with Crippen LogP contribution in [0, 0.1) is 10.1 Å². The molecule has 0 radical (unpaired) electrons. The summed E-state index contributed by atoms with van der Waals surface area (Å²) >= 11 is 3.22. The number of halogens is 1. The van der Waals surface area contributed by atoms with Crippen LogP contribution in [0.25, 0.3) is 0 Å². The van der Waals surface area contributed by atoms with Gasteiger partial charge in [0.1, 0.15) is 0 Å². The van der Waals surface area contributed by atoms with Gasteiger partial charge in [0.15, 0.2) is 0 Å². The summed E-state index contributed by atoms with van der Waals surface area (Å²) in [7, 11) is 3.16. The molecule has 1 amide bonds. The van der Waals surface area contributed by atoms with E-state index < -0.39 is 4.92 Å². The number of amides is 1. The number of rotatable bonds is 5. The summed E-state index contributed by atoms with van der Waals surface area (Å²) in [6.07, 6.45) is 0. The molecule has 0 atom stereocenters. The fraction of sp³-hybridized carbons (Fsp3) is 0.364. The Balaban J connectivity index is 2.97. The van der Waals surface area contributed by atoms with Gasteiger partial charge >= 0.3 is 0 Å². The van der Waals surface area contributed by atoms with Gasteiger partial charge in [-0.1, -0.05) is 0 Å². The van der Waals surface area contributed by atoms with Gasteiger partial charge in [-0.3, -0.25) is 14.9 Å². The van der Waals surface area contributed by atoms with E-state index in [-0.39, 0.29) is 17.2 Å². The van der Waals surface area contributed by atoms with Crippen molar-refractivity contribution >= 4 is 27.5 Å². The van der Waals surface area contributed by atoms with Crippen LogP contribution in [0.2, 0.25) is 0 Å². The predicted octanol–water partition coefficient (Wildman–Crippen LogP) is 2.08. The van der Waals surface area contributed by atoms with Crippen molar-refractivity contribution in [3.8, 4) is 0 Å². The molecule has 1 rings (SSSR count). The smallest absolute Gasteiger partial charge is 0.270 e. The topological polar surface area (TPSA) is 72.7 Å². The van der Waals surface area contributed by atoms with Crippen LogP contribution in [-0.2, 0) is 4.74 Å². The lowest BCUT2D eigenvalue weighted by Crippen LogP contribution is -2.30. The van der Waals surface area contributed by atoms with E-state index in [1.807, 2.05) is 0 Å². The summed E-state index contributed by atoms with van der Waals surface area (Å²) in [5.41, 5.74) is 0.157. The first kappa shape index (κ1) is 14.6. The molecule has 7 heteroatoms. The standard InChI is InChI=1S/C11H13BrN2O4/c1-13(5-6-18-2)11(15)9-7-8(14(16)17)3-4-10(9)12/h3-4,7H,5-6H2,1-2H3. The van der Waals surface area contributed by atoms with E-state index >= 15 is 0 Å². The number of hydrogen-bond donors (Lipinski definition) is 0. The number of benzene rings is 1. The number of carbonyl (C=O) groups excluding carboxylic acids is 1. The molecule has 0 aliphatic heterocycles. The van der Waals surface area contributed by atoms with Crippen molar-refractivity contribution in [1.82, 2.24) is 4.90 Å². The van der Waals surface area contributed by atoms with Gasteiger partial charge in [0, 0.05) is 37.3 Å². The Kier molecular flexibility index (Phi) is 5.24. The molecule has 1 aromatic rings. The number of ether oxygens (including phenoxy) is 1. The van der Waals surface area contributed by atoms with E-state index in [2.05, 4.69) is 15.9 Å². The Morgan fingerprint density at radius 2 is 2.22 bits per heavy atom. The minimum atomic E-state index is -0.529. The summed E-state index contributed by atoms with van der Waals surface area (Å²) in [6.45, 7) is 0.833. The normalized spacial score (nSPS) is 10.2. The van der Waals surface area contributed by atoms with Crippen LogP contribution in [0.3, 0.4) is 0 Å². The lowest BCUT2D eigenvalue weighted by atomic mass is 10.2. The first-order chi connectivity index (χ1) is 8.47. The van der Waals surface area contributed by atoms with E-state index in [1.54, 1.807) is 14.2 Å². The van der Waals surface area contributed by atoms with Crippen LogP contribution < -0.4 is 0 Å². The molecular weight excluding hydrogens is 304 g/mol. The largest absolute Gasteiger partial charge is 0.383 e. The number of non-ortho nitro benzene ring substituents is 1. The van der Waals surface area contributed by atoms with Gasteiger partial charge in [0.25, 0.3) is 11.6 Å². The fourth-order valence-electron chi connectivity index (χ4n) is 1.33. The van der Waals surface area contributed by atoms with E-state index in [0.29, 0.717) is 17.6 Å². The Hall–Kier alpha value is -1.47. The number of carbonyl (C=O) groups is 1. The third-order valence-corrected chi connectivity index (χ3v) is 3.06. The second-order valence-corrected chi connectivity index (χ2v) is 4.50.